The van der Waals surface area contributed by atoms with E-state index < -0.39 is 0 Å². The Balaban J connectivity index is 1.68. The number of hydrogen-bond acceptors (Lipinski definition) is 1. The minimum atomic E-state index is 0.392. The predicted molar refractivity (Wildman–Crippen MR) is 127 cm³/mol. The summed E-state index contributed by atoms with van der Waals surface area (Å²) in [5, 5.41) is 3.34. The number of imidazole rings is 1. The van der Waals surface area contributed by atoms with E-state index in [9.17, 15) is 0 Å². The van der Waals surface area contributed by atoms with Crippen LogP contribution in [-0.4, -0.2) is 9.55 Å². The molecule has 0 radical (unpaired) electrons. The van der Waals surface area contributed by atoms with Crippen LogP contribution in [-0.2, 0) is 6.54 Å². The minimum Gasteiger partial charge on any atom is -0.314 e. The molecule has 1 aromatic heterocycles. The lowest BCUT2D eigenvalue weighted by molar-refractivity contribution is 0.540. The molecule has 0 saturated heterocycles. The average molecular weight is 431 g/mol. The lowest BCUT2D eigenvalue weighted by atomic mass is 10.0. The number of unbranched alkanes of at least 4 members (excludes halogenated alkanes) is 8. The van der Waals surface area contributed by atoms with Crippen molar-refractivity contribution in [3.63, 3.8) is 0 Å². The smallest absolute Gasteiger partial charge is 0.166 e. The molecule has 3 rings (SSSR count). The molecule has 0 amide bonds. The maximum Gasteiger partial charge on any atom is 0.166 e. The van der Waals surface area contributed by atoms with Crippen molar-refractivity contribution in [3.05, 3.63) is 52.3 Å². The van der Waals surface area contributed by atoms with Gasteiger partial charge in [-0.25, -0.2) is 4.98 Å². The number of rotatable bonds is 11. The molecule has 2 nitrogen and oxygen atoms in total. The normalized spacial score (nSPS) is 11.4. The topological polar surface area (TPSA) is 17.8 Å². The zero-order chi connectivity index (χ0) is 20.6. The fraction of sp³-hybridized carbons (Fsp3) is 0.480. The number of aryl methyl sites for hydroxylation is 1. The van der Waals surface area contributed by atoms with E-state index in [2.05, 4.69) is 59.8 Å². The lowest BCUT2D eigenvalue weighted by Crippen LogP contribution is -2.02. The van der Waals surface area contributed by atoms with E-state index in [4.69, 9.17) is 23.2 Å². The van der Waals surface area contributed by atoms with Crippen LogP contribution in [0, 0.1) is 6.92 Å². The first-order valence-electron chi connectivity index (χ1n) is 11.0. The van der Waals surface area contributed by atoms with Crippen LogP contribution in [0.3, 0.4) is 0 Å². The summed E-state index contributed by atoms with van der Waals surface area (Å²) in [5.41, 5.74) is 2.31. The van der Waals surface area contributed by atoms with Crippen molar-refractivity contribution >= 4 is 34.0 Å². The van der Waals surface area contributed by atoms with Crippen molar-refractivity contribution in [1.29, 1.82) is 0 Å². The van der Waals surface area contributed by atoms with Crippen LogP contribution >= 0.6 is 23.2 Å². The highest BCUT2D eigenvalue weighted by atomic mass is 35.5. The summed E-state index contributed by atoms with van der Waals surface area (Å²) in [6, 6.07) is 12.8. The fourth-order valence-corrected chi connectivity index (χ4v) is 4.43. The van der Waals surface area contributed by atoms with E-state index in [1.807, 2.05) is 0 Å². The minimum absolute atomic E-state index is 0.392. The van der Waals surface area contributed by atoms with Gasteiger partial charge >= 0.3 is 0 Å². The van der Waals surface area contributed by atoms with Gasteiger partial charge in [0.05, 0.1) is 0 Å². The summed E-state index contributed by atoms with van der Waals surface area (Å²) >= 11 is 12.9. The van der Waals surface area contributed by atoms with Crippen LogP contribution in [0.25, 0.3) is 22.2 Å². The third-order valence-corrected chi connectivity index (χ3v) is 6.34. The first-order valence-corrected chi connectivity index (χ1v) is 11.8. The molecule has 0 aliphatic carbocycles. The SMILES string of the molecule is CCCCCCCCCCCn1c(-c2cc(C)cc3ccccc23)nc(Cl)c1Cl. The molecular weight excluding hydrogens is 399 g/mol. The molecule has 0 aliphatic heterocycles. The largest absolute Gasteiger partial charge is 0.314 e. The Hall–Kier alpha value is -1.51. The second-order valence-corrected chi connectivity index (χ2v) is 8.75. The molecule has 0 saturated carbocycles. The van der Waals surface area contributed by atoms with Gasteiger partial charge in [0, 0.05) is 12.1 Å². The third-order valence-electron chi connectivity index (χ3n) is 5.60. The van der Waals surface area contributed by atoms with Crippen molar-refractivity contribution in [2.45, 2.75) is 78.2 Å². The van der Waals surface area contributed by atoms with Gasteiger partial charge in [0.1, 0.15) is 11.0 Å². The zero-order valence-corrected chi connectivity index (χ0v) is 19.2. The van der Waals surface area contributed by atoms with E-state index in [1.165, 1.54) is 67.7 Å². The molecule has 0 spiro atoms. The van der Waals surface area contributed by atoms with E-state index in [-0.39, 0.29) is 0 Å². The van der Waals surface area contributed by atoms with Gasteiger partial charge < -0.3 is 4.57 Å². The molecule has 29 heavy (non-hydrogen) atoms. The number of benzene rings is 2. The highest BCUT2D eigenvalue weighted by Gasteiger charge is 2.17. The first kappa shape index (κ1) is 22.2. The van der Waals surface area contributed by atoms with Gasteiger partial charge in [-0.3, -0.25) is 0 Å². The average Bonchev–Trinajstić information content (AvgIpc) is 3.00. The lowest BCUT2D eigenvalue weighted by Gasteiger charge is -2.12. The maximum atomic E-state index is 6.53. The molecule has 0 atom stereocenters. The molecule has 4 heteroatoms. The van der Waals surface area contributed by atoms with Crippen LogP contribution < -0.4 is 0 Å². The van der Waals surface area contributed by atoms with Crippen molar-refractivity contribution in [2.75, 3.05) is 0 Å². The molecule has 2 aromatic carbocycles. The van der Waals surface area contributed by atoms with Crippen molar-refractivity contribution < 1.29 is 0 Å². The Kier molecular flexibility index (Phi) is 8.44. The molecule has 156 valence electrons. The van der Waals surface area contributed by atoms with Crippen LogP contribution in [0.1, 0.15) is 70.3 Å². The number of fused-ring (bicyclic) bond motifs is 1. The summed E-state index contributed by atoms with van der Waals surface area (Å²) in [7, 11) is 0. The summed E-state index contributed by atoms with van der Waals surface area (Å²) in [6.07, 6.45) is 11.7. The molecule has 0 N–H and O–H groups in total. The Labute approximate surface area is 185 Å². The van der Waals surface area contributed by atoms with Gasteiger partial charge in [-0.1, -0.05) is 112 Å². The molecule has 0 unspecified atom stereocenters. The standard InChI is InChI=1S/C25H32Cl2N2/c1-3-4-5-6-7-8-9-10-13-16-29-24(27)23(26)28-25(29)22-18-19(2)17-20-14-11-12-15-21(20)22/h11-12,14-15,17-18H,3-10,13,16H2,1-2H3. The van der Waals surface area contributed by atoms with Crippen molar-refractivity contribution in [2.24, 2.45) is 0 Å². The van der Waals surface area contributed by atoms with E-state index >= 15 is 0 Å². The van der Waals surface area contributed by atoms with Crippen LogP contribution in [0.4, 0.5) is 0 Å². The van der Waals surface area contributed by atoms with E-state index in [0.29, 0.717) is 10.3 Å². The highest BCUT2D eigenvalue weighted by molar-refractivity contribution is 6.40. The van der Waals surface area contributed by atoms with Crippen LogP contribution in [0.2, 0.25) is 10.3 Å². The number of hydrogen-bond donors (Lipinski definition) is 0. The molecule has 3 aromatic rings. The van der Waals surface area contributed by atoms with Gasteiger partial charge in [0.25, 0.3) is 0 Å². The fourth-order valence-electron chi connectivity index (χ4n) is 4.04. The number of nitrogens with zero attached hydrogens (tertiary/aromatic N) is 2. The van der Waals surface area contributed by atoms with Crippen LogP contribution in [0.5, 0.6) is 0 Å². The Morgan fingerprint density at radius 2 is 1.52 bits per heavy atom. The summed E-state index contributed by atoms with van der Waals surface area (Å²) in [4.78, 5) is 4.62. The molecule has 0 bridgehead atoms. The Morgan fingerprint density at radius 3 is 2.24 bits per heavy atom. The van der Waals surface area contributed by atoms with Crippen molar-refractivity contribution in [1.82, 2.24) is 9.55 Å². The van der Waals surface area contributed by atoms with Gasteiger partial charge in [0.2, 0.25) is 0 Å². The van der Waals surface area contributed by atoms with Gasteiger partial charge in [-0.15, -0.1) is 0 Å². The van der Waals surface area contributed by atoms with E-state index in [1.54, 1.807) is 0 Å². The second kappa shape index (κ2) is 11.0. The monoisotopic (exact) mass is 430 g/mol. The Morgan fingerprint density at radius 1 is 0.862 bits per heavy atom. The van der Waals surface area contributed by atoms with Crippen molar-refractivity contribution in [3.8, 4) is 11.4 Å². The number of aromatic nitrogens is 2. The van der Waals surface area contributed by atoms with Gasteiger partial charge in [-0.2, -0.15) is 0 Å². The van der Waals surface area contributed by atoms with E-state index in [0.717, 1.165) is 24.4 Å². The second-order valence-electron chi connectivity index (χ2n) is 8.03. The maximum absolute atomic E-state index is 6.53. The molecule has 0 fully saturated rings. The quantitative estimate of drug-likeness (QED) is 0.277. The molecular formula is C25H32Cl2N2. The molecule has 1 heterocycles. The van der Waals surface area contributed by atoms with Gasteiger partial charge in [0.15, 0.2) is 5.15 Å². The predicted octanol–water partition coefficient (Wildman–Crippen LogP) is 8.85. The highest BCUT2D eigenvalue weighted by Crippen LogP contribution is 2.34. The first-order chi connectivity index (χ1) is 14.1. The third kappa shape index (κ3) is 5.77. The summed E-state index contributed by atoms with van der Waals surface area (Å²) < 4.78 is 2.09. The Bertz CT molecular complexity index is 930. The van der Waals surface area contributed by atoms with Gasteiger partial charge in [-0.05, 0) is 35.7 Å². The summed E-state index contributed by atoms with van der Waals surface area (Å²) in [5.74, 6) is 0.875. The number of halogens is 2. The van der Waals surface area contributed by atoms with Crippen LogP contribution in [0.15, 0.2) is 36.4 Å². The zero-order valence-electron chi connectivity index (χ0n) is 17.7. The molecule has 0 aliphatic rings. The summed E-state index contributed by atoms with van der Waals surface area (Å²) in [6.45, 7) is 5.24.